The van der Waals surface area contributed by atoms with E-state index in [0.29, 0.717) is 49.6 Å². The number of benzene rings is 2. The number of likely N-dealkylation sites (N-methyl/N-ethyl adjacent to an activating group) is 1. The third-order valence-electron chi connectivity index (χ3n) is 5.63. The summed E-state index contributed by atoms with van der Waals surface area (Å²) in [5.74, 6) is 0.0486. The molecule has 1 aliphatic heterocycles. The van der Waals surface area contributed by atoms with Crippen molar-refractivity contribution in [2.75, 3.05) is 66.3 Å². The van der Waals surface area contributed by atoms with Crippen LogP contribution in [0.3, 0.4) is 0 Å². The Labute approximate surface area is 217 Å². The van der Waals surface area contributed by atoms with Gasteiger partial charge in [-0.2, -0.15) is 0 Å². The van der Waals surface area contributed by atoms with Crippen molar-refractivity contribution in [3.63, 3.8) is 0 Å². The molecule has 3 rings (SSSR count). The summed E-state index contributed by atoms with van der Waals surface area (Å²) in [4.78, 5) is 2.40. The van der Waals surface area contributed by atoms with Crippen LogP contribution in [0.1, 0.15) is 22.6 Å². The van der Waals surface area contributed by atoms with Crippen molar-refractivity contribution < 1.29 is 22.6 Å². The van der Waals surface area contributed by atoms with Crippen LogP contribution >= 0.6 is 23.2 Å². The molecule has 0 aliphatic carbocycles. The van der Waals surface area contributed by atoms with E-state index in [1.54, 1.807) is 18.2 Å². The number of fused-ring (bicyclic) bond motifs is 1. The first-order valence-corrected chi connectivity index (χ1v) is 13.7. The third kappa shape index (κ3) is 8.38. The number of nitrogens with one attached hydrogen (secondary N) is 1. The Morgan fingerprint density at radius 2 is 1.63 bits per heavy atom. The Morgan fingerprint density at radius 3 is 2.29 bits per heavy atom. The molecule has 1 aliphatic rings. The summed E-state index contributed by atoms with van der Waals surface area (Å²) in [6.07, 6.45) is 0. The van der Waals surface area contributed by atoms with Gasteiger partial charge in [-0.15, -0.1) is 0 Å². The smallest absolute Gasteiger partial charge is 0.240 e. The second kappa shape index (κ2) is 13.9. The van der Waals surface area contributed by atoms with Gasteiger partial charge in [-0.05, 0) is 48.0 Å². The zero-order valence-electron chi connectivity index (χ0n) is 19.8. The lowest BCUT2D eigenvalue weighted by Crippen LogP contribution is -2.31. The van der Waals surface area contributed by atoms with Gasteiger partial charge in [0.05, 0.1) is 44.5 Å². The van der Waals surface area contributed by atoms with Crippen molar-refractivity contribution in [3.8, 4) is 0 Å². The molecular weight excluding hydrogens is 513 g/mol. The third-order valence-corrected chi connectivity index (χ3v) is 7.66. The second-order valence-electron chi connectivity index (χ2n) is 8.30. The van der Waals surface area contributed by atoms with Crippen molar-refractivity contribution in [1.82, 2.24) is 9.62 Å². The first-order valence-electron chi connectivity index (χ1n) is 11.5. The van der Waals surface area contributed by atoms with Crippen LogP contribution in [0.25, 0.3) is 0 Å². The molecule has 0 saturated heterocycles. The Balaban J connectivity index is 1.49. The minimum Gasteiger partial charge on any atom is -0.378 e. The number of sulfonamides is 1. The van der Waals surface area contributed by atoms with Crippen LogP contribution in [-0.4, -0.2) is 79.6 Å². The lowest BCUT2D eigenvalue weighted by atomic mass is 9.85. The molecule has 0 saturated carbocycles. The molecule has 2 aromatic carbocycles. The topological polar surface area (TPSA) is 103 Å². The summed E-state index contributed by atoms with van der Waals surface area (Å²) in [7, 11) is -1.61. The molecule has 0 aromatic heterocycles. The lowest BCUT2D eigenvalue weighted by molar-refractivity contribution is 0.0171. The number of ether oxygens (including phenoxy) is 3. The molecule has 11 heteroatoms. The molecule has 8 nitrogen and oxygen atoms in total. The van der Waals surface area contributed by atoms with Crippen LogP contribution in [0.4, 0.5) is 0 Å². The quantitative estimate of drug-likeness (QED) is 0.352. The number of rotatable bonds is 14. The fourth-order valence-electron chi connectivity index (χ4n) is 3.97. The van der Waals surface area contributed by atoms with Crippen LogP contribution < -0.4 is 10.5 Å². The van der Waals surface area contributed by atoms with E-state index in [4.69, 9.17) is 43.1 Å². The van der Waals surface area contributed by atoms with E-state index >= 15 is 0 Å². The maximum Gasteiger partial charge on any atom is 0.240 e. The van der Waals surface area contributed by atoms with Crippen molar-refractivity contribution in [1.29, 1.82) is 0 Å². The molecule has 3 N–H and O–H groups in total. The molecule has 1 heterocycles. The fourth-order valence-corrected chi connectivity index (χ4v) is 5.55. The van der Waals surface area contributed by atoms with Crippen LogP contribution in [0.5, 0.6) is 0 Å². The number of hydrogen-bond acceptors (Lipinski definition) is 7. The van der Waals surface area contributed by atoms with Gasteiger partial charge in [0.15, 0.2) is 0 Å². The number of hydrogen-bond donors (Lipinski definition) is 2. The van der Waals surface area contributed by atoms with E-state index in [-0.39, 0.29) is 24.0 Å². The first-order chi connectivity index (χ1) is 16.8. The average Bonchev–Trinajstić information content (AvgIpc) is 2.83. The highest BCUT2D eigenvalue weighted by molar-refractivity contribution is 7.89. The molecule has 0 bridgehead atoms. The SMILES string of the molecule is CN1Cc2c(Cl)cc(Cl)cc2[C@H](c2ccc(S(=O)(=O)NCCOCCOCCOCCN)cc2)C1. The molecule has 0 unspecified atom stereocenters. The Morgan fingerprint density at radius 1 is 1.00 bits per heavy atom. The minimum absolute atomic E-state index is 0.0486. The molecular formula is C24H33Cl2N3O5S. The number of halogens is 2. The molecule has 2 aromatic rings. The van der Waals surface area contributed by atoms with Gasteiger partial charge in [-0.1, -0.05) is 35.3 Å². The summed E-state index contributed by atoms with van der Waals surface area (Å²) in [6, 6.07) is 10.7. The first kappa shape index (κ1) is 28.3. The van der Waals surface area contributed by atoms with Gasteiger partial charge in [-0.3, -0.25) is 0 Å². The van der Waals surface area contributed by atoms with E-state index in [2.05, 4.69) is 9.62 Å². The van der Waals surface area contributed by atoms with Crippen molar-refractivity contribution in [2.45, 2.75) is 17.4 Å². The molecule has 0 amide bonds. The molecule has 0 fully saturated rings. The van der Waals surface area contributed by atoms with Gasteiger partial charge >= 0.3 is 0 Å². The summed E-state index contributed by atoms with van der Waals surface area (Å²) in [5, 5.41) is 1.25. The number of nitrogens with two attached hydrogens (primary N) is 1. The average molecular weight is 547 g/mol. The lowest BCUT2D eigenvalue weighted by Gasteiger charge is -2.33. The molecule has 0 spiro atoms. The van der Waals surface area contributed by atoms with Crippen LogP contribution in [-0.2, 0) is 30.8 Å². The van der Waals surface area contributed by atoms with E-state index in [9.17, 15) is 8.42 Å². The standard InChI is InChI=1S/C24H33Cl2N3O5S/c1-29-16-22(21-14-19(25)15-24(26)23(21)17-29)18-2-4-20(5-3-18)35(30,31)28-7-9-33-11-13-34-12-10-32-8-6-27/h2-5,14-15,22,28H,6-13,16-17,27H2,1H3/t22-/m0/s1. The van der Waals surface area contributed by atoms with Gasteiger partial charge in [0.25, 0.3) is 0 Å². The molecule has 1 atom stereocenters. The zero-order chi connectivity index (χ0) is 25.3. The minimum atomic E-state index is -3.64. The molecule has 0 radical (unpaired) electrons. The maximum absolute atomic E-state index is 12.7. The van der Waals surface area contributed by atoms with E-state index in [1.165, 1.54) is 0 Å². The molecule has 194 valence electrons. The second-order valence-corrected chi connectivity index (χ2v) is 10.9. The largest absolute Gasteiger partial charge is 0.378 e. The Bertz CT molecular complexity index is 1050. The highest BCUT2D eigenvalue weighted by atomic mass is 35.5. The van der Waals surface area contributed by atoms with Gasteiger partial charge in [0.1, 0.15) is 0 Å². The van der Waals surface area contributed by atoms with Crippen molar-refractivity contribution in [2.24, 2.45) is 5.73 Å². The predicted molar refractivity (Wildman–Crippen MR) is 138 cm³/mol. The van der Waals surface area contributed by atoms with Gasteiger partial charge in [0, 0.05) is 42.1 Å². The van der Waals surface area contributed by atoms with Crippen LogP contribution in [0, 0.1) is 0 Å². The predicted octanol–water partition coefficient (Wildman–Crippen LogP) is 2.86. The summed E-state index contributed by atoms with van der Waals surface area (Å²) in [5.41, 5.74) is 8.47. The van der Waals surface area contributed by atoms with Crippen LogP contribution in [0.15, 0.2) is 41.3 Å². The van der Waals surface area contributed by atoms with E-state index in [0.717, 1.165) is 29.8 Å². The number of nitrogens with zero attached hydrogens (tertiary/aromatic N) is 1. The summed E-state index contributed by atoms with van der Waals surface area (Å²) >= 11 is 12.7. The van der Waals surface area contributed by atoms with Crippen LogP contribution in [0.2, 0.25) is 10.0 Å². The highest BCUT2D eigenvalue weighted by Gasteiger charge is 2.27. The monoisotopic (exact) mass is 545 g/mol. The van der Waals surface area contributed by atoms with Gasteiger partial charge in [0.2, 0.25) is 10.0 Å². The summed E-state index contributed by atoms with van der Waals surface area (Å²) < 4.78 is 43.9. The Kier molecular flexibility index (Phi) is 11.2. The van der Waals surface area contributed by atoms with Crippen molar-refractivity contribution in [3.05, 3.63) is 63.1 Å². The zero-order valence-corrected chi connectivity index (χ0v) is 22.2. The highest BCUT2D eigenvalue weighted by Crippen LogP contribution is 2.38. The van der Waals surface area contributed by atoms with Gasteiger partial charge in [-0.25, -0.2) is 13.1 Å². The summed E-state index contributed by atoms with van der Waals surface area (Å²) in [6.45, 7) is 4.69. The normalized spacial score (nSPS) is 16.4. The fraction of sp³-hybridized carbons (Fsp3) is 0.500. The van der Waals surface area contributed by atoms with Crippen molar-refractivity contribution >= 4 is 33.2 Å². The molecule has 35 heavy (non-hydrogen) atoms. The van der Waals surface area contributed by atoms with Gasteiger partial charge < -0.3 is 24.8 Å². The van der Waals surface area contributed by atoms with E-state index in [1.807, 2.05) is 25.2 Å². The Hall–Kier alpha value is -1.27. The maximum atomic E-state index is 12.7. The van der Waals surface area contributed by atoms with E-state index < -0.39 is 10.0 Å².